The molecule has 1 saturated carbocycles. The van der Waals surface area contributed by atoms with Crippen molar-refractivity contribution >= 4 is 27.3 Å². The fraction of sp³-hybridized carbons (Fsp3) is 0.481. The van der Waals surface area contributed by atoms with Gasteiger partial charge >= 0.3 is 0 Å². The lowest BCUT2D eigenvalue weighted by Gasteiger charge is -2.24. The van der Waals surface area contributed by atoms with Gasteiger partial charge in [0.1, 0.15) is 0 Å². The Morgan fingerprint density at radius 1 is 0.824 bits per heavy atom. The highest BCUT2D eigenvalue weighted by molar-refractivity contribution is 7.92. The molecule has 6 nitrogen and oxygen atoms in total. The maximum Gasteiger partial charge on any atom is 0.273 e. The van der Waals surface area contributed by atoms with Gasteiger partial charge in [0, 0.05) is 5.71 Å². The highest BCUT2D eigenvalue weighted by Crippen LogP contribution is 2.25. The number of benzene rings is 2. The molecular formula is C27H37N3O3S. The number of hydrogen-bond donors (Lipinski definition) is 1. The van der Waals surface area contributed by atoms with Crippen molar-refractivity contribution in [2.24, 2.45) is 5.10 Å². The van der Waals surface area contributed by atoms with E-state index in [0.29, 0.717) is 11.3 Å². The van der Waals surface area contributed by atoms with Crippen LogP contribution in [0.5, 0.6) is 0 Å². The van der Waals surface area contributed by atoms with Gasteiger partial charge in [-0.1, -0.05) is 87.4 Å². The minimum Gasteiger partial charge on any atom is -0.267 e. The summed E-state index contributed by atoms with van der Waals surface area (Å²) in [5, 5.41) is 4.48. The average Bonchev–Trinajstić information content (AvgIpc) is 2.82. The van der Waals surface area contributed by atoms with Gasteiger partial charge < -0.3 is 0 Å². The number of anilines is 1. The average molecular weight is 484 g/mol. The molecule has 0 radical (unpaired) electrons. The van der Waals surface area contributed by atoms with Crippen LogP contribution >= 0.6 is 0 Å². The molecule has 1 amide bonds. The molecule has 0 aromatic heterocycles. The lowest BCUT2D eigenvalue weighted by molar-refractivity contribution is 0.0955. The van der Waals surface area contributed by atoms with E-state index in [1.165, 1.54) is 49.3 Å². The normalized spacial score (nSPS) is 16.1. The molecule has 34 heavy (non-hydrogen) atoms. The van der Waals surface area contributed by atoms with E-state index in [1.807, 2.05) is 30.3 Å². The highest BCUT2D eigenvalue weighted by Gasteiger charge is 2.23. The zero-order valence-corrected chi connectivity index (χ0v) is 21.0. The summed E-state index contributed by atoms with van der Waals surface area (Å²) in [5.74, 6) is -0.393. The van der Waals surface area contributed by atoms with Crippen LogP contribution in [0.25, 0.3) is 0 Å². The summed E-state index contributed by atoms with van der Waals surface area (Å²) < 4.78 is 26.6. The topological polar surface area (TPSA) is 78.8 Å². The number of hydrazone groups is 1. The Hall–Kier alpha value is -2.67. The van der Waals surface area contributed by atoms with Crippen molar-refractivity contribution in [1.29, 1.82) is 0 Å². The van der Waals surface area contributed by atoms with Crippen LogP contribution in [0.2, 0.25) is 0 Å². The van der Waals surface area contributed by atoms with Gasteiger partial charge in [-0.25, -0.2) is 13.8 Å². The molecule has 0 saturated heterocycles. The molecule has 0 unspecified atom stereocenters. The molecule has 1 N–H and O–H groups in total. The Morgan fingerprint density at radius 2 is 1.35 bits per heavy atom. The zero-order chi connectivity index (χ0) is 24.2. The molecular weight excluding hydrogens is 446 g/mol. The first-order valence-electron chi connectivity index (χ1n) is 12.4. The van der Waals surface area contributed by atoms with Gasteiger partial charge in [0.05, 0.1) is 24.1 Å². The fourth-order valence-electron chi connectivity index (χ4n) is 4.34. The number of rotatable bonds is 6. The van der Waals surface area contributed by atoms with Gasteiger partial charge in [-0.15, -0.1) is 0 Å². The number of carbonyl (C=O) groups excluding carboxylic acids is 1. The van der Waals surface area contributed by atoms with Crippen LogP contribution in [-0.4, -0.2) is 26.3 Å². The zero-order valence-electron chi connectivity index (χ0n) is 20.2. The molecule has 2 aromatic carbocycles. The Morgan fingerprint density at radius 3 is 1.94 bits per heavy atom. The molecule has 1 fully saturated rings. The summed E-state index contributed by atoms with van der Waals surface area (Å²) in [6.07, 6.45) is 14.0. The smallest absolute Gasteiger partial charge is 0.267 e. The van der Waals surface area contributed by atoms with E-state index in [9.17, 15) is 13.2 Å². The number of nitrogens with zero attached hydrogens (tertiary/aromatic N) is 2. The lowest BCUT2D eigenvalue weighted by atomic mass is 10.00. The Labute approximate surface area is 204 Å². The van der Waals surface area contributed by atoms with Crippen molar-refractivity contribution in [2.75, 3.05) is 10.6 Å². The molecule has 0 spiro atoms. The van der Waals surface area contributed by atoms with Crippen molar-refractivity contribution < 1.29 is 13.2 Å². The van der Waals surface area contributed by atoms with E-state index in [2.05, 4.69) is 10.5 Å². The van der Waals surface area contributed by atoms with E-state index in [4.69, 9.17) is 0 Å². The monoisotopic (exact) mass is 483 g/mol. The molecule has 1 aliphatic rings. The van der Waals surface area contributed by atoms with Crippen LogP contribution in [0.3, 0.4) is 0 Å². The number of nitrogens with one attached hydrogen (secondary N) is 1. The molecule has 0 bridgehead atoms. The Kier molecular flexibility index (Phi) is 10.1. The number of hydrogen-bond acceptors (Lipinski definition) is 4. The highest BCUT2D eigenvalue weighted by atomic mass is 32.2. The summed E-state index contributed by atoms with van der Waals surface area (Å²) in [6.45, 7) is 0.151. The molecule has 0 atom stereocenters. The summed E-state index contributed by atoms with van der Waals surface area (Å²) in [5.41, 5.74) is 5.23. The van der Waals surface area contributed by atoms with E-state index in [0.717, 1.165) is 43.2 Å². The van der Waals surface area contributed by atoms with Gasteiger partial charge in [-0.3, -0.25) is 9.10 Å². The first kappa shape index (κ1) is 25.9. The van der Waals surface area contributed by atoms with E-state index in [1.54, 1.807) is 24.3 Å². The van der Waals surface area contributed by atoms with Crippen molar-refractivity contribution in [3.63, 3.8) is 0 Å². The maximum atomic E-state index is 13.1. The summed E-state index contributed by atoms with van der Waals surface area (Å²) in [6, 6.07) is 16.2. The standard InChI is InChI=1S/C27H37N3O3S/c1-34(32,33)30(22-23-16-10-9-11-17-23)26-21-15-14-20-25(26)27(31)29-28-24-18-12-7-5-3-2-4-6-8-13-19-24/h9-11,14-17,20-21H,2-8,12-13,18-19,22H2,1H3,(H,29,31). The van der Waals surface area contributed by atoms with Gasteiger partial charge in [-0.05, 0) is 43.4 Å². The minimum atomic E-state index is -3.61. The second-order valence-corrected chi connectivity index (χ2v) is 11.0. The lowest BCUT2D eigenvalue weighted by Crippen LogP contribution is -2.32. The van der Waals surface area contributed by atoms with Crippen LogP contribution in [0.15, 0.2) is 59.7 Å². The minimum absolute atomic E-state index is 0.151. The van der Waals surface area contributed by atoms with E-state index >= 15 is 0 Å². The number of para-hydroxylation sites is 1. The Bertz CT molecular complexity index is 1040. The summed E-state index contributed by atoms with van der Waals surface area (Å²) >= 11 is 0. The van der Waals surface area contributed by atoms with Crippen molar-refractivity contribution in [1.82, 2.24) is 5.43 Å². The third-order valence-electron chi connectivity index (χ3n) is 6.23. The van der Waals surface area contributed by atoms with Crippen molar-refractivity contribution in [3.8, 4) is 0 Å². The van der Waals surface area contributed by atoms with Gasteiger partial charge in [-0.2, -0.15) is 5.10 Å². The van der Waals surface area contributed by atoms with Crippen molar-refractivity contribution in [2.45, 2.75) is 77.2 Å². The van der Waals surface area contributed by atoms with Crippen LogP contribution in [0.4, 0.5) is 5.69 Å². The first-order chi connectivity index (χ1) is 16.4. The van der Waals surface area contributed by atoms with Gasteiger partial charge in [0.15, 0.2) is 0 Å². The van der Waals surface area contributed by atoms with Crippen LogP contribution in [0.1, 0.15) is 86.6 Å². The second-order valence-electron chi connectivity index (χ2n) is 9.07. The molecule has 1 aliphatic carbocycles. The first-order valence-corrected chi connectivity index (χ1v) is 14.3. The number of carbonyl (C=O) groups is 1. The molecule has 3 rings (SSSR count). The summed E-state index contributed by atoms with van der Waals surface area (Å²) in [7, 11) is -3.61. The SMILES string of the molecule is CS(=O)(=O)N(Cc1ccccc1)c1ccccc1C(=O)NN=C1CCCCCCCCCCC1. The Balaban J connectivity index is 1.77. The van der Waals surface area contributed by atoms with Crippen LogP contribution < -0.4 is 9.73 Å². The molecule has 0 heterocycles. The number of amides is 1. The number of sulfonamides is 1. The third kappa shape index (κ3) is 8.28. The maximum absolute atomic E-state index is 13.1. The molecule has 7 heteroatoms. The molecule has 2 aromatic rings. The van der Waals surface area contributed by atoms with E-state index in [-0.39, 0.29) is 6.54 Å². The third-order valence-corrected chi connectivity index (χ3v) is 7.36. The van der Waals surface area contributed by atoms with Gasteiger partial charge in [0.25, 0.3) is 5.91 Å². The van der Waals surface area contributed by atoms with Crippen molar-refractivity contribution in [3.05, 3.63) is 65.7 Å². The quantitative estimate of drug-likeness (QED) is 0.509. The largest absolute Gasteiger partial charge is 0.273 e. The van der Waals surface area contributed by atoms with Crippen LogP contribution in [-0.2, 0) is 16.6 Å². The molecule has 0 aliphatic heterocycles. The molecule has 184 valence electrons. The summed E-state index contributed by atoms with van der Waals surface area (Å²) in [4.78, 5) is 13.1. The predicted molar refractivity (Wildman–Crippen MR) is 140 cm³/mol. The van der Waals surface area contributed by atoms with Gasteiger partial charge in [0.2, 0.25) is 10.0 Å². The predicted octanol–water partition coefficient (Wildman–Crippen LogP) is 6.04. The van der Waals surface area contributed by atoms with E-state index < -0.39 is 15.9 Å². The van der Waals surface area contributed by atoms with Crippen LogP contribution in [0, 0.1) is 0 Å². The second kappa shape index (κ2) is 13.3. The fourth-order valence-corrected chi connectivity index (χ4v) is 5.24.